The van der Waals surface area contributed by atoms with E-state index in [0.717, 1.165) is 19.0 Å². The lowest BCUT2D eigenvalue weighted by Gasteiger charge is -2.17. The van der Waals surface area contributed by atoms with Crippen LogP contribution in [0.25, 0.3) is 0 Å². The number of rotatable bonds is 5. The zero-order valence-electron chi connectivity index (χ0n) is 10.4. The van der Waals surface area contributed by atoms with Crippen LogP contribution in [-0.2, 0) is 9.47 Å². The van der Waals surface area contributed by atoms with Crippen molar-refractivity contribution in [2.45, 2.75) is 25.0 Å². The van der Waals surface area contributed by atoms with Gasteiger partial charge in [-0.15, -0.1) is 0 Å². The van der Waals surface area contributed by atoms with Gasteiger partial charge in [-0.25, -0.2) is 0 Å². The summed E-state index contributed by atoms with van der Waals surface area (Å²) in [5, 5.41) is 3.42. The van der Waals surface area contributed by atoms with Gasteiger partial charge < -0.3 is 14.8 Å². The minimum absolute atomic E-state index is 0.256. The molecule has 0 radical (unpaired) electrons. The average Bonchev–Trinajstić information content (AvgIpc) is 2.95. The van der Waals surface area contributed by atoms with Gasteiger partial charge in [0, 0.05) is 27.3 Å². The summed E-state index contributed by atoms with van der Waals surface area (Å²) in [6.07, 6.45) is 3.16. The van der Waals surface area contributed by atoms with Crippen LogP contribution in [0, 0.1) is 5.92 Å². The lowest BCUT2D eigenvalue weighted by atomic mass is 10.1. The summed E-state index contributed by atoms with van der Waals surface area (Å²) in [5.41, 5.74) is 0. The molecule has 4 heteroatoms. The molecular formula is C12H24N2O2. The number of nitrogens with one attached hydrogen (secondary N) is 1. The highest BCUT2D eigenvalue weighted by Crippen LogP contribution is 2.18. The van der Waals surface area contributed by atoms with Gasteiger partial charge in [-0.2, -0.15) is 0 Å². The number of nitrogens with zero attached hydrogens (tertiary/aromatic N) is 1. The van der Waals surface area contributed by atoms with E-state index in [-0.39, 0.29) is 12.2 Å². The normalized spacial score (nSPS) is 36.0. The topological polar surface area (TPSA) is 33.7 Å². The van der Waals surface area contributed by atoms with Crippen LogP contribution in [-0.4, -0.2) is 64.1 Å². The Balaban J connectivity index is 1.70. The summed E-state index contributed by atoms with van der Waals surface area (Å²) in [4.78, 5) is 2.47. The first-order chi connectivity index (χ1) is 7.83. The number of hydrogen-bond acceptors (Lipinski definition) is 4. The number of ether oxygens (including phenoxy) is 2. The minimum atomic E-state index is 0.256. The van der Waals surface area contributed by atoms with Crippen LogP contribution in [0.3, 0.4) is 0 Å². The van der Waals surface area contributed by atoms with E-state index in [2.05, 4.69) is 10.2 Å². The zero-order valence-corrected chi connectivity index (χ0v) is 10.4. The first kappa shape index (κ1) is 12.3. The van der Waals surface area contributed by atoms with Crippen LogP contribution in [0.1, 0.15) is 12.8 Å². The molecule has 0 aromatic heterocycles. The number of methoxy groups -OCH3 is 2. The van der Waals surface area contributed by atoms with E-state index >= 15 is 0 Å². The van der Waals surface area contributed by atoms with Crippen molar-refractivity contribution in [2.75, 3.05) is 46.9 Å². The zero-order chi connectivity index (χ0) is 11.4. The molecule has 2 saturated heterocycles. The highest BCUT2D eigenvalue weighted by atomic mass is 16.5. The Bertz CT molecular complexity index is 195. The molecular weight excluding hydrogens is 204 g/mol. The van der Waals surface area contributed by atoms with Gasteiger partial charge >= 0.3 is 0 Å². The molecule has 0 aromatic rings. The van der Waals surface area contributed by atoms with E-state index < -0.39 is 0 Å². The van der Waals surface area contributed by atoms with E-state index in [1.165, 1.54) is 32.5 Å². The molecule has 0 aliphatic carbocycles. The molecule has 0 spiro atoms. The summed E-state index contributed by atoms with van der Waals surface area (Å²) < 4.78 is 10.9. The smallest absolute Gasteiger partial charge is 0.0971 e. The fourth-order valence-corrected chi connectivity index (χ4v) is 2.78. The highest BCUT2D eigenvalue weighted by molar-refractivity contribution is 4.86. The van der Waals surface area contributed by atoms with Crippen molar-refractivity contribution in [2.24, 2.45) is 5.92 Å². The standard InChI is InChI=1S/C12H24N2O2/c1-15-11-8-14(9-12(11)16-2)6-4-10-3-5-13-7-10/h10-13H,3-9H2,1-2H3. The maximum Gasteiger partial charge on any atom is 0.0971 e. The predicted octanol–water partition coefficient (Wildman–Crippen LogP) is 0.332. The Morgan fingerprint density at radius 3 is 2.38 bits per heavy atom. The van der Waals surface area contributed by atoms with E-state index in [4.69, 9.17) is 9.47 Å². The molecule has 0 amide bonds. The second kappa shape index (κ2) is 5.96. The van der Waals surface area contributed by atoms with E-state index in [9.17, 15) is 0 Å². The van der Waals surface area contributed by atoms with Gasteiger partial charge in [0.05, 0.1) is 12.2 Å². The predicted molar refractivity (Wildman–Crippen MR) is 63.6 cm³/mol. The SMILES string of the molecule is COC1CN(CCC2CCNC2)CC1OC. The first-order valence-electron chi connectivity index (χ1n) is 6.32. The molecule has 3 atom stereocenters. The Kier molecular flexibility index (Phi) is 4.58. The van der Waals surface area contributed by atoms with Gasteiger partial charge in [0.15, 0.2) is 0 Å². The molecule has 2 heterocycles. The maximum atomic E-state index is 5.44. The molecule has 94 valence electrons. The largest absolute Gasteiger partial charge is 0.377 e. The van der Waals surface area contributed by atoms with Crippen molar-refractivity contribution < 1.29 is 9.47 Å². The third-order valence-corrected chi connectivity index (χ3v) is 3.91. The molecule has 2 fully saturated rings. The third-order valence-electron chi connectivity index (χ3n) is 3.91. The summed E-state index contributed by atoms with van der Waals surface area (Å²) in [5.74, 6) is 0.877. The van der Waals surface area contributed by atoms with E-state index in [1.54, 1.807) is 14.2 Å². The molecule has 1 N–H and O–H groups in total. The van der Waals surface area contributed by atoms with Crippen LogP contribution in [0.4, 0.5) is 0 Å². The maximum absolute atomic E-state index is 5.44. The lowest BCUT2D eigenvalue weighted by Crippen LogP contribution is -2.27. The quantitative estimate of drug-likeness (QED) is 0.735. The third kappa shape index (κ3) is 2.94. The lowest BCUT2D eigenvalue weighted by molar-refractivity contribution is -0.00461. The fourth-order valence-electron chi connectivity index (χ4n) is 2.78. The molecule has 2 rings (SSSR count). The second-order valence-corrected chi connectivity index (χ2v) is 4.96. The van der Waals surface area contributed by atoms with Crippen molar-refractivity contribution >= 4 is 0 Å². The molecule has 2 aliphatic rings. The minimum Gasteiger partial charge on any atom is -0.377 e. The molecule has 0 bridgehead atoms. The summed E-state index contributed by atoms with van der Waals surface area (Å²) >= 11 is 0. The Morgan fingerprint density at radius 2 is 1.88 bits per heavy atom. The number of hydrogen-bond donors (Lipinski definition) is 1. The van der Waals surface area contributed by atoms with E-state index in [0.29, 0.717) is 0 Å². The van der Waals surface area contributed by atoms with Crippen molar-refractivity contribution in [3.05, 3.63) is 0 Å². The van der Waals surface area contributed by atoms with Gasteiger partial charge in [-0.1, -0.05) is 0 Å². The van der Waals surface area contributed by atoms with Gasteiger partial charge in [0.2, 0.25) is 0 Å². The number of likely N-dealkylation sites (tertiary alicyclic amines) is 1. The van der Waals surface area contributed by atoms with Crippen LogP contribution in [0.5, 0.6) is 0 Å². The highest BCUT2D eigenvalue weighted by Gasteiger charge is 2.32. The van der Waals surface area contributed by atoms with Crippen LogP contribution < -0.4 is 5.32 Å². The molecule has 3 unspecified atom stereocenters. The van der Waals surface area contributed by atoms with Crippen molar-refractivity contribution in [3.63, 3.8) is 0 Å². The van der Waals surface area contributed by atoms with Gasteiger partial charge in [-0.3, -0.25) is 4.90 Å². The summed E-state index contributed by atoms with van der Waals surface area (Å²) in [7, 11) is 3.56. The van der Waals surface area contributed by atoms with E-state index in [1.807, 2.05) is 0 Å². The fraction of sp³-hybridized carbons (Fsp3) is 1.00. The Labute approximate surface area is 98.3 Å². The van der Waals surface area contributed by atoms with Crippen molar-refractivity contribution in [1.29, 1.82) is 0 Å². The molecule has 4 nitrogen and oxygen atoms in total. The average molecular weight is 228 g/mol. The van der Waals surface area contributed by atoms with Gasteiger partial charge in [0.25, 0.3) is 0 Å². The first-order valence-corrected chi connectivity index (χ1v) is 6.32. The molecule has 16 heavy (non-hydrogen) atoms. The summed E-state index contributed by atoms with van der Waals surface area (Å²) in [6.45, 7) is 5.64. The van der Waals surface area contributed by atoms with Crippen molar-refractivity contribution in [3.8, 4) is 0 Å². The molecule has 0 aromatic carbocycles. The van der Waals surface area contributed by atoms with Crippen LogP contribution in [0.2, 0.25) is 0 Å². The van der Waals surface area contributed by atoms with Crippen LogP contribution in [0.15, 0.2) is 0 Å². The van der Waals surface area contributed by atoms with Crippen molar-refractivity contribution in [1.82, 2.24) is 10.2 Å². The summed E-state index contributed by atoms with van der Waals surface area (Å²) in [6, 6.07) is 0. The van der Waals surface area contributed by atoms with Gasteiger partial charge in [-0.05, 0) is 38.4 Å². The second-order valence-electron chi connectivity index (χ2n) is 4.96. The Morgan fingerprint density at radius 1 is 1.19 bits per heavy atom. The Hall–Kier alpha value is -0.160. The van der Waals surface area contributed by atoms with Crippen LogP contribution >= 0.6 is 0 Å². The van der Waals surface area contributed by atoms with Gasteiger partial charge in [0.1, 0.15) is 0 Å². The molecule has 0 saturated carbocycles. The monoisotopic (exact) mass is 228 g/mol. The molecule has 2 aliphatic heterocycles.